The third-order valence-corrected chi connectivity index (χ3v) is 7.66. The maximum absolute atomic E-state index is 13.3. The number of carbonyl (C=O) groups is 1. The largest absolute Gasteiger partial charge is 0.383 e. The van der Waals surface area contributed by atoms with Gasteiger partial charge < -0.3 is 14.0 Å². The second-order valence-corrected chi connectivity index (χ2v) is 9.26. The number of aryl methyl sites for hydroxylation is 1. The minimum atomic E-state index is -0.147. The first-order valence-corrected chi connectivity index (χ1v) is 10.1. The summed E-state index contributed by atoms with van der Waals surface area (Å²) in [6.45, 7) is 3.92. The molecule has 0 aromatic carbocycles. The van der Waals surface area contributed by atoms with Gasteiger partial charge in [-0.05, 0) is 56.8 Å². The van der Waals surface area contributed by atoms with Crippen LogP contribution in [0.5, 0.6) is 0 Å². The lowest BCUT2D eigenvalue weighted by atomic mass is 9.75. The van der Waals surface area contributed by atoms with Crippen molar-refractivity contribution in [1.29, 1.82) is 0 Å². The fourth-order valence-corrected chi connectivity index (χ4v) is 6.71. The highest BCUT2D eigenvalue weighted by atomic mass is 32.1. The zero-order valence-electron chi connectivity index (χ0n) is 15.4. The van der Waals surface area contributed by atoms with Gasteiger partial charge in [0.1, 0.15) is 0 Å². The second kappa shape index (κ2) is 6.63. The first-order valence-electron chi connectivity index (χ1n) is 9.33. The number of thiazole rings is 1. The molecule has 4 fully saturated rings. The number of amides is 1. The summed E-state index contributed by atoms with van der Waals surface area (Å²) < 4.78 is 12.7. The third-order valence-electron chi connectivity index (χ3n) is 6.62. The summed E-state index contributed by atoms with van der Waals surface area (Å²) in [6.07, 6.45) is 5.99. The van der Waals surface area contributed by atoms with E-state index in [1.807, 2.05) is 0 Å². The number of carbonyl (C=O) groups excluding carboxylic acids is 1. The normalized spacial score (nSPS) is 33.6. The Labute approximate surface area is 153 Å². The molecule has 0 spiro atoms. The average Bonchev–Trinajstić information content (AvgIpc) is 3.11. The Hall–Kier alpha value is -0.980. The van der Waals surface area contributed by atoms with E-state index in [-0.39, 0.29) is 11.3 Å². The van der Waals surface area contributed by atoms with Crippen LogP contribution in [0.4, 0.5) is 0 Å². The van der Waals surface area contributed by atoms with E-state index in [0.29, 0.717) is 25.7 Å². The lowest BCUT2D eigenvalue weighted by molar-refractivity contribution is -0.129. The highest BCUT2D eigenvalue weighted by Crippen LogP contribution is 2.65. The predicted octanol–water partition coefficient (Wildman–Crippen LogP) is 2.90. The molecule has 138 valence electrons. The molecule has 6 heteroatoms. The molecule has 2 unspecified atom stereocenters. The minimum Gasteiger partial charge on any atom is -0.383 e. The van der Waals surface area contributed by atoms with Crippen molar-refractivity contribution in [3.63, 3.8) is 0 Å². The van der Waals surface area contributed by atoms with E-state index in [1.165, 1.54) is 24.1 Å². The van der Waals surface area contributed by atoms with Crippen molar-refractivity contribution in [2.75, 3.05) is 20.8 Å². The number of aromatic nitrogens is 1. The Bertz CT molecular complexity index is 722. The molecule has 0 aliphatic heterocycles. The lowest BCUT2D eigenvalue weighted by Gasteiger charge is -2.29. The molecule has 4 aliphatic carbocycles. The third kappa shape index (κ3) is 2.82. The minimum absolute atomic E-state index is 0.138. The van der Waals surface area contributed by atoms with Gasteiger partial charge in [0.25, 0.3) is 5.91 Å². The summed E-state index contributed by atoms with van der Waals surface area (Å²) in [6, 6.07) is 0. The topological polar surface area (TPSA) is 52.8 Å². The quantitative estimate of drug-likeness (QED) is 0.780. The van der Waals surface area contributed by atoms with Gasteiger partial charge in [0.05, 0.1) is 24.3 Å². The van der Waals surface area contributed by atoms with Gasteiger partial charge in [0.2, 0.25) is 0 Å². The first kappa shape index (κ1) is 17.4. The summed E-state index contributed by atoms with van der Waals surface area (Å²) in [5.74, 6) is 2.26. The SMILES string of the molecule is COCCn1c(COC)c(C)sc1=NC(=O)C12CC3CC(CC1C3)C2. The standard InChI is InChI=1S/C19H28N2O3S/c1-12-16(11-24-3)21(4-5-23-2)18(25-12)20-17(22)19-9-13-6-14(10-19)8-15(19)7-13/h13-15H,4-11H2,1-3H3. The molecule has 1 amide bonds. The summed E-state index contributed by atoms with van der Waals surface area (Å²) in [5, 5.41) is 0. The fraction of sp³-hybridized carbons (Fsp3) is 0.789. The van der Waals surface area contributed by atoms with Gasteiger partial charge in [-0.2, -0.15) is 4.99 Å². The molecule has 25 heavy (non-hydrogen) atoms. The van der Waals surface area contributed by atoms with Crippen LogP contribution in [-0.4, -0.2) is 31.3 Å². The molecule has 5 rings (SSSR count). The number of hydrogen-bond acceptors (Lipinski definition) is 4. The van der Waals surface area contributed by atoms with E-state index < -0.39 is 0 Å². The molecule has 1 heterocycles. The first-order chi connectivity index (χ1) is 12.1. The van der Waals surface area contributed by atoms with Crippen LogP contribution < -0.4 is 4.80 Å². The van der Waals surface area contributed by atoms with E-state index in [2.05, 4.69) is 16.5 Å². The van der Waals surface area contributed by atoms with Crippen LogP contribution in [0, 0.1) is 30.1 Å². The Morgan fingerprint density at radius 2 is 1.96 bits per heavy atom. The molecular weight excluding hydrogens is 336 g/mol. The van der Waals surface area contributed by atoms with Crippen LogP contribution in [0.2, 0.25) is 0 Å². The summed E-state index contributed by atoms with van der Waals surface area (Å²) in [5.41, 5.74) is 0.956. The van der Waals surface area contributed by atoms with E-state index >= 15 is 0 Å². The Morgan fingerprint density at radius 3 is 2.60 bits per heavy atom. The zero-order chi connectivity index (χ0) is 17.6. The Balaban J connectivity index is 1.69. The highest BCUT2D eigenvalue weighted by molar-refractivity contribution is 7.09. The van der Waals surface area contributed by atoms with Crippen molar-refractivity contribution in [1.82, 2.24) is 4.57 Å². The number of hydrogen-bond donors (Lipinski definition) is 0. The van der Waals surface area contributed by atoms with Gasteiger partial charge in [0, 0.05) is 25.6 Å². The zero-order valence-corrected chi connectivity index (χ0v) is 16.2. The molecule has 4 aliphatic rings. The summed E-state index contributed by atoms with van der Waals surface area (Å²) in [7, 11) is 3.40. The Morgan fingerprint density at radius 1 is 1.24 bits per heavy atom. The smallest absolute Gasteiger partial charge is 0.254 e. The van der Waals surface area contributed by atoms with Gasteiger partial charge in [0.15, 0.2) is 4.80 Å². The van der Waals surface area contributed by atoms with Crippen LogP contribution in [0.25, 0.3) is 0 Å². The molecule has 0 radical (unpaired) electrons. The lowest BCUT2D eigenvalue weighted by Crippen LogP contribution is -2.33. The number of ether oxygens (including phenoxy) is 2. The average molecular weight is 365 g/mol. The maximum Gasteiger partial charge on any atom is 0.254 e. The van der Waals surface area contributed by atoms with Crippen molar-refractivity contribution in [2.45, 2.75) is 52.2 Å². The van der Waals surface area contributed by atoms with E-state index in [0.717, 1.165) is 35.2 Å². The fourth-order valence-electron chi connectivity index (χ4n) is 5.71. The summed E-state index contributed by atoms with van der Waals surface area (Å²) >= 11 is 1.60. The van der Waals surface area contributed by atoms with Crippen molar-refractivity contribution in [3.05, 3.63) is 15.4 Å². The van der Waals surface area contributed by atoms with Gasteiger partial charge in [-0.25, -0.2) is 0 Å². The molecule has 5 nitrogen and oxygen atoms in total. The van der Waals surface area contributed by atoms with E-state index in [4.69, 9.17) is 9.47 Å². The van der Waals surface area contributed by atoms with Gasteiger partial charge in [-0.3, -0.25) is 4.79 Å². The van der Waals surface area contributed by atoms with Crippen molar-refractivity contribution in [2.24, 2.45) is 28.2 Å². The predicted molar refractivity (Wildman–Crippen MR) is 96.2 cm³/mol. The maximum atomic E-state index is 13.3. The van der Waals surface area contributed by atoms with Crippen LogP contribution in [0.1, 0.15) is 42.7 Å². The van der Waals surface area contributed by atoms with Gasteiger partial charge in [-0.15, -0.1) is 11.3 Å². The van der Waals surface area contributed by atoms with Crippen LogP contribution in [-0.2, 0) is 27.4 Å². The number of rotatable bonds is 6. The molecule has 0 N–H and O–H groups in total. The van der Waals surface area contributed by atoms with Crippen molar-refractivity contribution < 1.29 is 14.3 Å². The molecule has 4 saturated carbocycles. The van der Waals surface area contributed by atoms with E-state index in [1.54, 1.807) is 25.6 Å². The molecule has 1 aromatic heterocycles. The van der Waals surface area contributed by atoms with Gasteiger partial charge in [-0.1, -0.05) is 0 Å². The van der Waals surface area contributed by atoms with E-state index in [9.17, 15) is 4.79 Å². The molecule has 1 aromatic rings. The molecule has 0 saturated heterocycles. The van der Waals surface area contributed by atoms with Crippen LogP contribution in [0.3, 0.4) is 0 Å². The number of nitrogens with zero attached hydrogens (tertiary/aromatic N) is 2. The van der Waals surface area contributed by atoms with Gasteiger partial charge >= 0.3 is 0 Å². The van der Waals surface area contributed by atoms with Crippen LogP contribution in [0.15, 0.2) is 4.99 Å². The van der Waals surface area contributed by atoms with Crippen molar-refractivity contribution >= 4 is 17.2 Å². The van der Waals surface area contributed by atoms with Crippen LogP contribution >= 0.6 is 11.3 Å². The monoisotopic (exact) mass is 364 g/mol. The Kier molecular flexibility index (Phi) is 4.63. The number of methoxy groups -OCH3 is 2. The summed E-state index contributed by atoms with van der Waals surface area (Å²) in [4.78, 5) is 19.9. The molecular formula is C19H28N2O3S. The van der Waals surface area contributed by atoms with Crippen molar-refractivity contribution in [3.8, 4) is 0 Å². The highest BCUT2D eigenvalue weighted by Gasteiger charge is 2.61. The second-order valence-electron chi connectivity index (χ2n) is 8.08. The molecule has 2 atom stereocenters. The molecule has 4 bridgehead atoms.